The van der Waals surface area contributed by atoms with Crippen LogP contribution in [-0.2, 0) is 14.8 Å². The number of unbranched alkanes of at least 4 members (excludes halogenated alkanes) is 1. The molecule has 0 aromatic heterocycles. The van der Waals surface area contributed by atoms with Crippen molar-refractivity contribution in [3.63, 3.8) is 0 Å². The second kappa shape index (κ2) is 9.00. The van der Waals surface area contributed by atoms with E-state index in [0.29, 0.717) is 32.5 Å². The molecule has 0 radical (unpaired) electrons. The van der Waals surface area contributed by atoms with Crippen LogP contribution in [0.5, 0.6) is 5.75 Å². The zero-order chi connectivity index (χ0) is 19.2. The Balaban J connectivity index is 2.10. The maximum atomic E-state index is 12.8. The lowest BCUT2D eigenvalue weighted by Crippen LogP contribution is -2.29. The Kier molecular flexibility index (Phi) is 6.98. The number of carbonyl (C=O) groups excluding carboxylic acids is 1. The Morgan fingerprint density at radius 1 is 1.23 bits per heavy atom. The standard InChI is InChI=1S/C17H24N2O6S/c1-25-14-8-7-13(17(22)18-9-3-2-6-16(20)21)12-15(14)26(23,24)19-10-4-5-11-19/h7-8,12H,2-6,9-11H2,1H3,(H,18,22)(H,20,21). The van der Waals surface area contributed by atoms with Crippen LogP contribution in [0.3, 0.4) is 0 Å². The summed E-state index contributed by atoms with van der Waals surface area (Å²) in [6.45, 7) is 1.25. The molecule has 1 fully saturated rings. The minimum absolute atomic E-state index is 0.0135. The van der Waals surface area contributed by atoms with E-state index in [1.165, 1.54) is 29.6 Å². The van der Waals surface area contributed by atoms with Gasteiger partial charge in [-0.3, -0.25) is 9.59 Å². The van der Waals surface area contributed by atoms with Crippen LogP contribution in [0.15, 0.2) is 23.1 Å². The topological polar surface area (TPSA) is 113 Å². The Hall–Kier alpha value is -2.13. The molecule has 26 heavy (non-hydrogen) atoms. The first kappa shape index (κ1) is 20.2. The SMILES string of the molecule is COc1ccc(C(=O)NCCCCC(=O)O)cc1S(=O)(=O)N1CCCC1. The number of sulfonamides is 1. The second-order valence-corrected chi connectivity index (χ2v) is 7.99. The van der Waals surface area contributed by atoms with Crippen LogP contribution in [0.1, 0.15) is 42.5 Å². The van der Waals surface area contributed by atoms with E-state index >= 15 is 0 Å². The number of aliphatic carboxylic acids is 1. The lowest BCUT2D eigenvalue weighted by Gasteiger charge is -2.18. The molecule has 0 aliphatic carbocycles. The zero-order valence-corrected chi connectivity index (χ0v) is 15.5. The van der Waals surface area contributed by atoms with E-state index in [0.717, 1.165) is 12.8 Å². The molecule has 1 aliphatic rings. The van der Waals surface area contributed by atoms with Gasteiger partial charge in [0.2, 0.25) is 10.0 Å². The van der Waals surface area contributed by atoms with Gasteiger partial charge in [0.15, 0.2) is 0 Å². The third-order valence-electron chi connectivity index (χ3n) is 4.21. The van der Waals surface area contributed by atoms with Crippen molar-refractivity contribution in [3.05, 3.63) is 23.8 Å². The summed E-state index contributed by atoms with van der Waals surface area (Å²) in [6, 6.07) is 4.32. The predicted octanol–water partition coefficient (Wildman–Crippen LogP) is 1.46. The van der Waals surface area contributed by atoms with Crippen molar-refractivity contribution < 1.29 is 27.9 Å². The number of carboxylic acid groups (broad SMARTS) is 1. The number of ether oxygens (including phenoxy) is 1. The molecular weight excluding hydrogens is 360 g/mol. The first-order valence-corrected chi connectivity index (χ1v) is 9.98. The molecule has 1 amide bonds. The van der Waals surface area contributed by atoms with Gasteiger partial charge in [-0.1, -0.05) is 0 Å². The van der Waals surface area contributed by atoms with Crippen molar-refractivity contribution in [2.75, 3.05) is 26.7 Å². The number of carboxylic acids is 1. The fourth-order valence-electron chi connectivity index (χ4n) is 2.79. The van der Waals surface area contributed by atoms with Crippen molar-refractivity contribution >= 4 is 21.9 Å². The fraction of sp³-hybridized carbons (Fsp3) is 0.529. The van der Waals surface area contributed by atoms with Crippen molar-refractivity contribution in [2.45, 2.75) is 37.0 Å². The average molecular weight is 384 g/mol. The molecule has 1 aromatic carbocycles. The average Bonchev–Trinajstić information content (AvgIpc) is 3.16. The molecule has 2 N–H and O–H groups in total. The Labute approximate surface area is 153 Å². The number of nitrogens with one attached hydrogen (secondary N) is 1. The quantitative estimate of drug-likeness (QED) is 0.623. The van der Waals surface area contributed by atoms with Crippen molar-refractivity contribution in [1.82, 2.24) is 9.62 Å². The van der Waals surface area contributed by atoms with Crippen LogP contribution in [0.4, 0.5) is 0 Å². The van der Waals surface area contributed by atoms with Gasteiger partial charge >= 0.3 is 5.97 Å². The highest BCUT2D eigenvalue weighted by Crippen LogP contribution is 2.29. The van der Waals surface area contributed by atoms with Crippen molar-refractivity contribution in [2.24, 2.45) is 0 Å². The van der Waals surface area contributed by atoms with Crippen LogP contribution in [0.25, 0.3) is 0 Å². The second-order valence-electron chi connectivity index (χ2n) is 6.08. The summed E-state index contributed by atoms with van der Waals surface area (Å²) in [6.07, 6.45) is 2.69. The Bertz CT molecular complexity index is 757. The number of hydrogen-bond acceptors (Lipinski definition) is 5. The van der Waals surface area contributed by atoms with Gasteiger partial charge in [0, 0.05) is 31.6 Å². The molecule has 0 unspecified atom stereocenters. The molecule has 0 spiro atoms. The van der Waals surface area contributed by atoms with Gasteiger partial charge in [0.05, 0.1) is 7.11 Å². The summed E-state index contributed by atoms with van der Waals surface area (Å²) >= 11 is 0. The highest BCUT2D eigenvalue weighted by Gasteiger charge is 2.30. The van der Waals surface area contributed by atoms with E-state index < -0.39 is 21.9 Å². The molecule has 0 saturated carbocycles. The Morgan fingerprint density at radius 2 is 1.92 bits per heavy atom. The maximum Gasteiger partial charge on any atom is 0.303 e. The lowest BCUT2D eigenvalue weighted by atomic mass is 10.2. The van der Waals surface area contributed by atoms with Gasteiger partial charge in [-0.05, 0) is 43.9 Å². The van der Waals surface area contributed by atoms with Gasteiger partial charge in [-0.2, -0.15) is 4.31 Å². The van der Waals surface area contributed by atoms with Gasteiger partial charge in [-0.25, -0.2) is 8.42 Å². The van der Waals surface area contributed by atoms with E-state index in [9.17, 15) is 18.0 Å². The van der Waals surface area contributed by atoms with E-state index in [2.05, 4.69) is 5.32 Å². The van der Waals surface area contributed by atoms with Crippen LogP contribution >= 0.6 is 0 Å². The molecule has 144 valence electrons. The summed E-state index contributed by atoms with van der Waals surface area (Å²) in [5.74, 6) is -1.07. The molecule has 1 aromatic rings. The van der Waals surface area contributed by atoms with Crippen LogP contribution in [0.2, 0.25) is 0 Å². The number of benzene rings is 1. The largest absolute Gasteiger partial charge is 0.495 e. The number of nitrogens with zero attached hydrogens (tertiary/aromatic N) is 1. The molecule has 8 nitrogen and oxygen atoms in total. The van der Waals surface area contributed by atoms with Crippen molar-refractivity contribution in [1.29, 1.82) is 0 Å². The maximum absolute atomic E-state index is 12.8. The summed E-state index contributed by atoms with van der Waals surface area (Å²) in [4.78, 5) is 22.7. The van der Waals surface area contributed by atoms with Crippen LogP contribution < -0.4 is 10.1 Å². The molecular formula is C17H24N2O6S. The van der Waals surface area contributed by atoms with Crippen LogP contribution in [0, 0.1) is 0 Å². The van der Waals surface area contributed by atoms with E-state index in [1.54, 1.807) is 0 Å². The number of amides is 1. The highest BCUT2D eigenvalue weighted by atomic mass is 32.2. The predicted molar refractivity (Wildman–Crippen MR) is 94.8 cm³/mol. The lowest BCUT2D eigenvalue weighted by molar-refractivity contribution is -0.137. The third kappa shape index (κ3) is 4.95. The van der Waals surface area contributed by atoms with E-state index in [-0.39, 0.29) is 22.6 Å². The molecule has 1 saturated heterocycles. The summed E-state index contributed by atoms with van der Waals surface area (Å²) in [5, 5.41) is 11.3. The molecule has 1 heterocycles. The summed E-state index contributed by atoms with van der Waals surface area (Å²) in [7, 11) is -2.32. The van der Waals surface area contributed by atoms with Crippen molar-refractivity contribution in [3.8, 4) is 5.75 Å². The summed E-state index contributed by atoms with van der Waals surface area (Å²) < 4.78 is 32.2. The van der Waals surface area contributed by atoms with Gasteiger partial charge in [0.25, 0.3) is 5.91 Å². The number of methoxy groups -OCH3 is 1. The van der Waals surface area contributed by atoms with Crippen LogP contribution in [-0.4, -0.2) is 56.5 Å². The van der Waals surface area contributed by atoms with E-state index in [1.807, 2.05) is 0 Å². The number of hydrogen-bond donors (Lipinski definition) is 2. The molecule has 2 rings (SSSR count). The Morgan fingerprint density at radius 3 is 2.54 bits per heavy atom. The van der Waals surface area contributed by atoms with Gasteiger partial charge < -0.3 is 15.2 Å². The summed E-state index contributed by atoms with van der Waals surface area (Å²) in [5.41, 5.74) is 0.224. The fourth-order valence-corrected chi connectivity index (χ4v) is 4.49. The normalized spacial score (nSPS) is 15.0. The minimum atomic E-state index is -3.71. The van der Waals surface area contributed by atoms with Gasteiger partial charge in [0.1, 0.15) is 10.6 Å². The highest BCUT2D eigenvalue weighted by molar-refractivity contribution is 7.89. The first-order chi connectivity index (χ1) is 12.4. The zero-order valence-electron chi connectivity index (χ0n) is 14.7. The number of carbonyl (C=O) groups is 2. The minimum Gasteiger partial charge on any atom is -0.495 e. The number of rotatable bonds is 9. The first-order valence-electron chi connectivity index (χ1n) is 8.54. The molecule has 0 bridgehead atoms. The molecule has 0 atom stereocenters. The van der Waals surface area contributed by atoms with Gasteiger partial charge in [-0.15, -0.1) is 0 Å². The smallest absolute Gasteiger partial charge is 0.303 e. The monoisotopic (exact) mass is 384 g/mol. The van der Waals surface area contributed by atoms with E-state index in [4.69, 9.17) is 9.84 Å². The third-order valence-corrected chi connectivity index (χ3v) is 6.13. The molecule has 9 heteroatoms. The molecule has 1 aliphatic heterocycles.